The average molecular weight is 204 g/mol. The second kappa shape index (κ2) is 3.97. The fourth-order valence-corrected chi connectivity index (χ4v) is 2.82. The van der Waals surface area contributed by atoms with Gasteiger partial charge in [-0.1, -0.05) is 39.0 Å². The molecule has 2 rings (SSSR count). The highest BCUT2D eigenvalue weighted by molar-refractivity contribution is 5.41. The monoisotopic (exact) mass is 204 g/mol. The van der Waals surface area contributed by atoms with Crippen LogP contribution in [-0.2, 0) is 6.42 Å². The van der Waals surface area contributed by atoms with E-state index in [-0.39, 0.29) is 6.10 Å². The van der Waals surface area contributed by atoms with Crippen molar-refractivity contribution in [2.24, 2.45) is 5.92 Å². The summed E-state index contributed by atoms with van der Waals surface area (Å²) in [7, 11) is 0. The van der Waals surface area contributed by atoms with E-state index in [2.05, 4.69) is 39.0 Å². The maximum absolute atomic E-state index is 10.2. The summed E-state index contributed by atoms with van der Waals surface area (Å²) in [6.07, 6.45) is 1.92. The lowest BCUT2D eigenvalue weighted by atomic mass is 9.91. The molecule has 1 aromatic rings. The Labute approximate surface area is 92.1 Å². The molecule has 0 amide bonds. The zero-order valence-electron chi connectivity index (χ0n) is 9.83. The number of benzene rings is 1. The third kappa shape index (κ3) is 1.59. The lowest BCUT2D eigenvalue weighted by molar-refractivity contribution is 0.120. The Kier molecular flexibility index (Phi) is 2.83. The molecule has 0 fully saturated rings. The molecule has 0 radical (unpaired) electrons. The zero-order valence-corrected chi connectivity index (χ0v) is 9.83. The molecular formula is C14H20O. The van der Waals surface area contributed by atoms with E-state index in [1.165, 1.54) is 16.7 Å². The van der Waals surface area contributed by atoms with Gasteiger partial charge in [0.2, 0.25) is 0 Å². The first-order valence-electron chi connectivity index (χ1n) is 5.99. The minimum Gasteiger partial charge on any atom is -0.388 e. The average Bonchev–Trinajstić information content (AvgIpc) is 2.51. The predicted molar refractivity (Wildman–Crippen MR) is 63.0 cm³/mol. The van der Waals surface area contributed by atoms with Crippen molar-refractivity contribution in [3.05, 3.63) is 34.9 Å². The lowest BCUT2D eigenvalue weighted by Crippen LogP contribution is -2.06. The standard InChI is InChI=1S/C14H20O/c1-4-10-6-7-12-11(5-2)9(3)14(15)13(12)8-10/h6-9,11,14-15H,4-5H2,1-3H3. The fraction of sp³-hybridized carbons (Fsp3) is 0.571. The number of hydrogen-bond donors (Lipinski definition) is 1. The quantitative estimate of drug-likeness (QED) is 0.782. The van der Waals surface area contributed by atoms with Gasteiger partial charge in [-0.15, -0.1) is 0 Å². The minimum atomic E-state index is -0.253. The first-order chi connectivity index (χ1) is 7.19. The smallest absolute Gasteiger partial charge is 0.0824 e. The summed E-state index contributed by atoms with van der Waals surface area (Å²) >= 11 is 0. The van der Waals surface area contributed by atoms with Crippen molar-refractivity contribution in [2.45, 2.75) is 45.6 Å². The third-order valence-electron chi connectivity index (χ3n) is 3.85. The Bertz CT molecular complexity index is 356. The molecule has 0 saturated heterocycles. The molecule has 3 unspecified atom stereocenters. The van der Waals surface area contributed by atoms with Gasteiger partial charge in [-0.05, 0) is 41.4 Å². The van der Waals surface area contributed by atoms with Gasteiger partial charge in [0.25, 0.3) is 0 Å². The van der Waals surface area contributed by atoms with E-state index in [0.717, 1.165) is 12.8 Å². The number of aliphatic hydroxyl groups excluding tert-OH is 1. The second-order valence-electron chi connectivity index (χ2n) is 4.64. The summed E-state index contributed by atoms with van der Waals surface area (Å²) in [5, 5.41) is 10.2. The van der Waals surface area contributed by atoms with Crippen LogP contribution in [0.3, 0.4) is 0 Å². The fourth-order valence-electron chi connectivity index (χ4n) is 2.82. The van der Waals surface area contributed by atoms with Crippen LogP contribution in [0, 0.1) is 5.92 Å². The van der Waals surface area contributed by atoms with Gasteiger partial charge in [-0.2, -0.15) is 0 Å². The molecule has 1 aliphatic rings. The Morgan fingerprint density at radius 2 is 1.93 bits per heavy atom. The number of aryl methyl sites for hydroxylation is 1. The van der Waals surface area contributed by atoms with Gasteiger partial charge in [-0.3, -0.25) is 0 Å². The van der Waals surface area contributed by atoms with E-state index in [9.17, 15) is 5.11 Å². The van der Waals surface area contributed by atoms with Gasteiger partial charge in [0.15, 0.2) is 0 Å². The summed E-state index contributed by atoms with van der Waals surface area (Å²) in [6.45, 7) is 6.52. The molecule has 1 heteroatoms. The van der Waals surface area contributed by atoms with Crippen LogP contribution in [0.15, 0.2) is 18.2 Å². The summed E-state index contributed by atoms with van der Waals surface area (Å²) in [5.74, 6) is 0.915. The minimum absolute atomic E-state index is 0.253. The molecular weight excluding hydrogens is 184 g/mol. The van der Waals surface area contributed by atoms with Crippen LogP contribution in [0.25, 0.3) is 0 Å². The van der Waals surface area contributed by atoms with Crippen molar-refractivity contribution < 1.29 is 5.11 Å². The second-order valence-corrected chi connectivity index (χ2v) is 4.64. The molecule has 0 bridgehead atoms. The molecule has 15 heavy (non-hydrogen) atoms. The number of aliphatic hydroxyl groups is 1. The maximum atomic E-state index is 10.2. The van der Waals surface area contributed by atoms with Crippen LogP contribution >= 0.6 is 0 Å². The van der Waals surface area contributed by atoms with Crippen LogP contribution in [0.4, 0.5) is 0 Å². The van der Waals surface area contributed by atoms with E-state index in [4.69, 9.17) is 0 Å². The molecule has 0 aliphatic heterocycles. The normalized spacial score (nSPS) is 29.2. The highest BCUT2D eigenvalue weighted by Gasteiger charge is 2.35. The predicted octanol–water partition coefficient (Wildman–Crippen LogP) is 3.43. The number of rotatable bonds is 2. The van der Waals surface area contributed by atoms with Gasteiger partial charge in [-0.25, -0.2) is 0 Å². The molecule has 0 saturated carbocycles. The van der Waals surface area contributed by atoms with E-state index in [1.54, 1.807) is 0 Å². The van der Waals surface area contributed by atoms with Crippen molar-refractivity contribution in [2.75, 3.05) is 0 Å². The number of fused-ring (bicyclic) bond motifs is 1. The largest absolute Gasteiger partial charge is 0.388 e. The molecule has 1 aromatic carbocycles. The molecule has 1 aliphatic carbocycles. The van der Waals surface area contributed by atoms with Crippen LogP contribution in [-0.4, -0.2) is 5.11 Å². The summed E-state index contributed by atoms with van der Waals surface area (Å²) in [4.78, 5) is 0. The van der Waals surface area contributed by atoms with Crippen LogP contribution < -0.4 is 0 Å². The summed E-state index contributed by atoms with van der Waals surface area (Å²) < 4.78 is 0. The maximum Gasteiger partial charge on any atom is 0.0824 e. The van der Waals surface area contributed by atoms with E-state index in [1.807, 2.05) is 0 Å². The van der Waals surface area contributed by atoms with Crippen LogP contribution in [0.2, 0.25) is 0 Å². The topological polar surface area (TPSA) is 20.2 Å². The number of hydrogen-bond acceptors (Lipinski definition) is 1. The molecule has 82 valence electrons. The van der Waals surface area contributed by atoms with Gasteiger partial charge in [0, 0.05) is 0 Å². The van der Waals surface area contributed by atoms with E-state index in [0.29, 0.717) is 11.8 Å². The molecule has 0 spiro atoms. The highest BCUT2D eigenvalue weighted by Crippen LogP contribution is 2.46. The first-order valence-corrected chi connectivity index (χ1v) is 5.99. The molecule has 0 heterocycles. The van der Waals surface area contributed by atoms with E-state index >= 15 is 0 Å². The summed E-state index contributed by atoms with van der Waals surface area (Å²) in [6, 6.07) is 6.60. The third-order valence-corrected chi connectivity index (χ3v) is 3.85. The van der Waals surface area contributed by atoms with Crippen molar-refractivity contribution >= 4 is 0 Å². The van der Waals surface area contributed by atoms with Gasteiger partial charge >= 0.3 is 0 Å². The highest BCUT2D eigenvalue weighted by atomic mass is 16.3. The Hall–Kier alpha value is -0.820. The van der Waals surface area contributed by atoms with Gasteiger partial charge in [0.1, 0.15) is 0 Å². The SMILES string of the molecule is CCc1ccc2c(c1)C(O)C(C)C2CC. The lowest BCUT2D eigenvalue weighted by Gasteiger charge is -2.15. The Balaban J connectivity index is 2.45. The van der Waals surface area contributed by atoms with Gasteiger partial charge in [0.05, 0.1) is 6.10 Å². The van der Waals surface area contributed by atoms with Crippen LogP contribution in [0.5, 0.6) is 0 Å². The van der Waals surface area contributed by atoms with Crippen molar-refractivity contribution in [3.8, 4) is 0 Å². The Morgan fingerprint density at radius 1 is 1.20 bits per heavy atom. The van der Waals surface area contributed by atoms with Crippen LogP contribution in [0.1, 0.15) is 55.9 Å². The van der Waals surface area contributed by atoms with E-state index < -0.39 is 0 Å². The van der Waals surface area contributed by atoms with Crippen molar-refractivity contribution in [1.29, 1.82) is 0 Å². The van der Waals surface area contributed by atoms with Gasteiger partial charge < -0.3 is 5.11 Å². The van der Waals surface area contributed by atoms with Crippen molar-refractivity contribution in [1.82, 2.24) is 0 Å². The first kappa shape index (κ1) is 10.7. The Morgan fingerprint density at radius 3 is 2.53 bits per heavy atom. The summed E-state index contributed by atoms with van der Waals surface area (Å²) in [5.41, 5.74) is 3.88. The molecule has 1 nitrogen and oxygen atoms in total. The van der Waals surface area contributed by atoms with Crippen molar-refractivity contribution in [3.63, 3.8) is 0 Å². The molecule has 0 aromatic heterocycles. The molecule has 1 N–H and O–H groups in total. The molecule has 3 atom stereocenters. The zero-order chi connectivity index (χ0) is 11.0.